The molecule has 2 aromatic carbocycles. The second-order valence-electron chi connectivity index (χ2n) is 5.52. The summed E-state index contributed by atoms with van der Waals surface area (Å²) in [5.74, 6) is -0.443. The van der Waals surface area contributed by atoms with Gasteiger partial charge < -0.3 is 14.2 Å². The highest BCUT2D eigenvalue weighted by atomic mass is 16.6. The summed E-state index contributed by atoms with van der Waals surface area (Å²) in [6, 6.07) is 8.66. The van der Waals surface area contributed by atoms with Crippen LogP contribution in [0, 0.1) is 17.0 Å². The minimum absolute atomic E-state index is 0.0537. The SMILES string of the molecule is COc1cc(C(=O)NNC(=O)COc2ccccc2[N+](=O)[O-])cc(OC)c1C. The monoisotopic (exact) mass is 389 g/mol. The van der Waals surface area contributed by atoms with Crippen LogP contribution >= 0.6 is 0 Å². The number of hydrogen-bond acceptors (Lipinski definition) is 7. The van der Waals surface area contributed by atoms with E-state index in [0.29, 0.717) is 11.5 Å². The van der Waals surface area contributed by atoms with E-state index in [4.69, 9.17) is 14.2 Å². The Hall–Kier alpha value is -3.82. The van der Waals surface area contributed by atoms with Crippen molar-refractivity contribution in [1.29, 1.82) is 0 Å². The number of carbonyl (C=O) groups is 2. The summed E-state index contributed by atoms with van der Waals surface area (Å²) in [5, 5.41) is 10.9. The molecule has 0 fully saturated rings. The number of rotatable bonds is 7. The molecule has 2 N–H and O–H groups in total. The number of carbonyl (C=O) groups excluding carboxylic acids is 2. The summed E-state index contributed by atoms with van der Waals surface area (Å²) in [6.45, 7) is 1.26. The minimum atomic E-state index is -0.697. The Labute approximate surface area is 160 Å². The van der Waals surface area contributed by atoms with Crippen LogP contribution in [0.15, 0.2) is 36.4 Å². The molecule has 28 heavy (non-hydrogen) atoms. The molecule has 0 spiro atoms. The van der Waals surface area contributed by atoms with Crippen molar-refractivity contribution in [3.05, 3.63) is 57.6 Å². The highest BCUT2D eigenvalue weighted by Gasteiger charge is 2.16. The first-order valence-corrected chi connectivity index (χ1v) is 8.05. The second kappa shape index (κ2) is 9.21. The van der Waals surface area contributed by atoms with Gasteiger partial charge in [0.15, 0.2) is 12.4 Å². The van der Waals surface area contributed by atoms with Gasteiger partial charge in [0.1, 0.15) is 11.5 Å². The third kappa shape index (κ3) is 4.87. The standard InChI is InChI=1S/C18H19N3O7/c1-11-15(26-2)8-12(9-16(11)27-3)18(23)20-19-17(22)10-28-14-7-5-4-6-13(14)21(24)25/h4-9H,10H2,1-3H3,(H,19,22)(H,20,23). The number of hydrogen-bond donors (Lipinski definition) is 2. The molecule has 0 aromatic heterocycles. The highest BCUT2D eigenvalue weighted by Crippen LogP contribution is 2.29. The van der Waals surface area contributed by atoms with Gasteiger partial charge in [0.05, 0.1) is 19.1 Å². The lowest BCUT2D eigenvalue weighted by atomic mass is 10.1. The number of amides is 2. The molecule has 0 atom stereocenters. The molecule has 0 bridgehead atoms. The van der Waals surface area contributed by atoms with E-state index >= 15 is 0 Å². The number of nitrogens with zero attached hydrogens (tertiary/aromatic N) is 1. The van der Waals surface area contributed by atoms with E-state index in [1.807, 2.05) is 0 Å². The first-order chi connectivity index (χ1) is 13.4. The number of nitro groups is 1. The van der Waals surface area contributed by atoms with Gasteiger partial charge in [0.25, 0.3) is 11.8 Å². The van der Waals surface area contributed by atoms with Crippen LogP contribution in [0.4, 0.5) is 5.69 Å². The van der Waals surface area contributed by atoms with Crippen molar-refractivity contribution >= 4 is 17.5 Å². The largest absolute Gasteiger partial charge is 0.496 e. The fourth-order valence-electron chi connectivity index (χ4n) is 2.33. The number of ether oxygens (including phenoxy) is 3. The van der Waals surface area contributed by atoms with E-state index in [1.54, 1.807) is 13.0 Å². The average Bonchev–Trinajstić information content (AvgIpc) is 2.70. The van der Waals surface area contributed by atoms with Crippen molar-refractivity contribution in [1.82, 2.24) is 10.9 Å². The molecule has 148 valence electrons. The van der Waals surface area contributed by atoms with Crippen LogP contribution < -0.4 is 25.1 Å². The van der Waals surface area contributed by atoms with Crippen LogP contribution in [0.2, 0.25) is 0 Å². The second-order valence-corrected chi connectivity index (χ2v) is 5.52. The lowest BCUT2D eigenvalue weighted by Gasteiger charge is -2.13. The lowest BCUT2D eigenvalue weighted by molar-refractivity contribution is -0.385. The van der Waals surface area contributed by atoms with Crippen LogP contribution in [0.1, 0.15) is 15.9 Å². The first kappa shape index (κ1) is 20.5. The molecule has 2 amide bonds. The first-order valence-electron chi connectivity index (χ1n) is 8.05. The Bertz CT molecular complexity index is 873. The third-order valence-corrected chi connectivity index (χ3v) is 3.75. The molecule has 2 rings (SSSR count). The molecule has 0 aliphatic heterocycles. The van der Waals surface area contributed by atoms with Crippen molar-refractivity contribution in [2.45, 2.75) is 6.92 Å². The van der Waals surface area contributed by atoms with Crippen molar-refractivity contribution in [3.8, 4) is 17.2 Å². The Morgan fingerprint density at radius 1 is 1.04 bits per heavy atom. The van der Waals surface area contributed by atoms with Crippen molar-refractivity contribution in [2.75, 3.05) is 20.8 Å². The lowest BCUT2D eigenvalue weighted by Crippen LogP contribution is -2.43. The molecular weight excluding hydrogens is 370 g/mol. The minimum Gasteiger partial charge on any atom is -0.496 e. The van der Waals surface area contributed by atoms with Crippen LogP contribution in [0.5, 0.6) is 17.2 Å². The molecular formula is C18H19N3O7. The predicted octanol–water partition coefficient (Wildman–Crippen LogP) is 1.76. The van der Waals surface area contributed by atoms with Crippen LogP contribution in [0.3, 0.4) is 0 Å². The van der Waals surface area contributed by atoms with Crippen molar-refractivity contribution < 1.29 is 28.7 Å². The highest BCUT2D eigenvalue weighted by molar-refractivity contribution is 5.96. The number of benzene rings is 2. The third-order valence-electron chi connectivity index (χ3n) is 3.75. The number of nitro benzene ring substituents is 1. The maximum Gasteiger partial charge on any atom is 0.310 e. The molecule has 10 heteroatoms. The van der Waals surface area contributed by atoms with Crippen LogP contribution in [0.25, 0.3) is 0 Å². The molecule has 0 saturated heterocycles. The summed E-state index contributed by atoms with van der Waals surface area (Å²) >= 11 is 0. The summed E-state index contributed by atoms with van der Waals surface area (Å²) in [4.78, 5) is 34.4. The van der Waals surface area contributed by atoms with E-state index in [0.717, 1.165) is 5.56 Å². The Kier molecular flexibility index (Phi) is 6.74. The maximum atomic E-state index is 12.2. The number of nitrogens with one attached hydrogen (secondary N) is 2. The maximum absolute atomic E-state index is 12.2. The quantitative estimate of drug-likeness (QED) is 0.545. The normalized spacial score (nSPS) is 9.96. The van der Waals surface area contributed by atoms with Gasteiger partial charge in [-0.1, -0.05) is 12.1 Å². The van der Waals surface area contributed by atoms with Gasteiger partial charge >= 0.3 is 5.69 Å². The van der Waals surface area contributed by atoms with Gasteiger partial charge in [-0.25, -0.2) is 0 Å². The van der Waals surface area contributed by atoms with Crippen LogP contribution in [-0.2, 0) is 4.79 Å². The Morgan fingerprint density at radius 3 is 2.21 bits per heavy atom. The van der Waals surface area contributed by atoms with E-state index in [-0.39, 0.29) is 17.0 Å². The van der Waals surface area contributed by atoms with Crippen molar-refractivity contribution in [3.63, 3.8) is 0 Å². The molecule has 0 unspecified atom stereocenters. The molecule has 0 radical (unpaired) electrons. The number of methoxy groups -OCH3 is 2. The van der Waals surface area contributed by atoms with Gasteiger partial charge in [-0.2, -0.15) is 0 Å². The summed E-state index contributed by atoms with van der Waals surface area (Å²) < 4.78 is 15.5. The fraction of sp³-hybridized carbons (Fsp3) is 0.222. The number of para-hydroxylation sites is 2. The molecule has 0 aliphatic rings. The van der Waals surface area contributed by atoms with Gasteiger partial charge in [-0.3, -0.25) is 30.6 Å². The predicted molar refractivity (Wildman–Crippen MR) is 98.5 cm³/mol. The summed E-state index contributed by atoms with van der Waals surface area (Å²) in [5.41, 5.74) is 5.07. The zero-order chi connectivity index (χ0) is 20.7. The van der Waals surface area contributed by atoms with Gasteiger partial charge in [0, 0.05) is 17.2 Å². The molecule has 0 heterocycles. The summed E-state index contributed by atoms with van der Waals surface area (Å²) in [6.07, 6.45) is 0. The zero-order valence-electron chi connectivity index (χ0n) is 15.5. The van der Waals surface area contributed by atoms with E-state index in [1.165, 1.54) is 44.6 Å². The van der Waals surface area contributed by atoms with Gasteiger partial charge in [-0.15, -0.1) is 0 Å². The van der Waals surface area contributed by atoms with Crippen LogP contribution in [-0.4, -0.2) is 37.6 Å². The molecule has 2 aromatic rings. The smallest absolute Gasteiger partial charge is 0.310 e. The van der Waals surface area contributed by atoms with E-state index in [9.17, 15) is 19.7 Å². The average molecular weight is 389 g/mol. The summed E-state index contributed by atoms with van der Waals surface area (Å²) in [7, 11) is 2.93. The van der Waals surface area contributed by atoms with Gasteiger partial charge in [-0.05, 0) is 25.1 Å². The number of hydrazine groups is 1. The van der Waals surface area contributed by atoms with E-state index < -0.39 is 23.3 Å². The molecule has 0 saturated carbocycles. The molecule has 0 aliphatic carbocycles. The Morgan fingerprint density at radius 2 is 1.64 bits per heavy atom. The molecule has 10 nitrogen and oxygen atoms in total. The van der Waals surface area contributed by atoms with Crippen molar-refractivity contribution in [2.24, 2.45) is 0 Å². The topological polar surface area (TPSA) is 129 Å². The van der Waals surface area contributed by atoms with E-state index in [2.05, 4.69) is 10.9 Å². The Balaban J connectivity index is 1.96. The fourth-order valence-corrected chi connectivity index (χ4v) is 2.33. The zero-order valence-corrected chi connectivity index (χ0v) is 15.5. The van der Waals surface area contributed by atoms with Gasteiger partial charge in [0.2, 0.25) is 0 Å².